The fourth-order valence-corrected chi connectivity index (χ4v) is 3.29. The van der Waals surface area contributed by atoms with Gasteiger partial charge in [-0.15, -0.1) is 0 Å². The predicted molar refractivity (Wildman–Crippen MR) is 91.4 cm³/mol. The molecule has 9 heteroatoms. The molecule has 0 unspecified atom stereocenters. The van der Waals surface area contributed by atoms with E-state index in [1.807, 2.05) is 0 Å². The molecule has 4 rings (SSSR count). The van der Waals surface area contributed by atoms with Gasteiger partial charge < -0.3 is 19.7 Å². The molecule has 1 N–H and O–H groups in total. The number of hydrogen-bond donors (Lipinski definition) is 1. The average molecular weight is 376 g/mol. The zero-order valence-electron chi connectivity index (χ0n) is 14.5. The summed E-state index contributed by atoms with van der Waals surface area (Å²) in [4.78, 5) is 22.3. The molecular formula is C18H18F2N4O3. The maximum absolute atomic E-state index is 13.8. The van der Waals surface area contributed by atoms with E-state index in [1.165, 1.54) is 18.5 Å². The summed E-state index contributed by atoms with van der Waals surface area (Å²) < 4.78 is 38.9. The third-order valence-corrected chi connectivity index (χ3v) is 4.73. The van der Waals surface area contributed by atoms with Gasteiger partial charge in [0, 0.05) is 32.0 Å². The second-order valence-electron chi connectivity index (χ2n) is 6.41. The van der Waals surface area contributed by atoms with Gasteiger partial charge in [-0.3, -0.25) is 4.79 Å². The predicted octanol–water partition coefficient (Wildman–Crippen LogP) is 2.48. The molecule has 3 heterocycles. The molecule has 7 nitrogen and oxygen atoms in total. The standard InChI is InChI=1S/C18H18F2N4O3/c19-12-2-1-3-13(20)16(12)23-15-10-14(21-11-22-15)17(25)24-6-4-18(5-7-24)26-8-9-27-18/h1-3,10-11H,4-9H2,(H,21,22,23). The van der Waals surface area contributed by atoms with Crippen molar-refractivity contribution in [2.24, 2.45) is 0 Å². The van der Waals surface area contributed by atoms with E-state index in [0.29, 0.717) is 39.1 Å². The molecular weight excluding hydrogens is 358 g/mol. The Balaban J connectivity index is 1.47. The third-order valence-electron chi connectivity index (χ3n) is 4.73. The summed E-state index contributed by atoms with van der Waals surface area (Å²) in [5, 5.41) is 2.57. The lowest BCUT2D eigenvalue weighted by atomic mass is 10.0. The fraction of sp³-hybridized carbons (Fsp3) is 0.389. The molecule has 1 spiro atoms. The maximum atomic E-state index is 13.8. The van der Waals surface area contributed by atoms with Gasteiger partial charge in [-0.2, -0.15) is 0 Å². The summed E-state index contributed by atoms with van der Waals surface area (Å²) >= 11 is 0. The molecule has 2 fully saturated rings. The van der Waals surface area contributed by atoms with Crippen molar-refractivity contribution < 1.29 is 23.0 Å². The SMILES string of the molecule is O=C(c1cc(Nc2c(F)cccc2F)ncn1)N1CCC2(CC1)OCCO2. The number of piperidine rings is 1. The second-order valence-corrected chi connectivity index (χ2v) is 6.41. The van der Waals surface area contributed by atoms with Gasteiger partial charge in [0.2, 0.25) is 0 Å². The molecule has 1 aromatic heterocycles. The highest BCUT2D eigenvalue weighted by Crippen LogP contribution is 2.31. The van der Waals surface area contributed by atoms with Crippen LogP contribution in [0.1, 0.15) is 23.3 Å². The summed E-state index contributed by atoms with van der Waals surface area (Å²) in [6, 6.07) is 4.91. The lowest BCUT2D eigenvalue weighted by Crippen LogP contribution is -2.47. The fourth-order valence-electron chi connectivity index (χ4n) is 3.29. The van der Waals surface area contributed by atoms with Crippen molar-refractivity contribution in [1.29, 1.82) is 0 Å². The van der Waals surface area contributed by atoms with E-state index in [0.717, 1.165) is 12.1 Å². The van der Waals surface area contributed by atoms with Crippen molar-refractivity contribution in [1.82, 2.24) is 14.9 Å². The van der Waals surface area contributed by atoms with E-state index >= 15 is 0 Å². The number of carbonyl (C=O) groups excluding carboxylic acids is 1. The van der Waals surface area contributed by atoms with Crippen LogP contribution >= 0.6 is 0 Å². The topological polar surface area (TPSA) is 76.6 Å². The van der Waals surface area contributed by atoms with E-state index in [-0.39, 0.29) is 23.1 Å². The largest absolute Gasteiger partial charge is 0.347 e. The number of benzene rings is 1. The van der Waals surface area contributed by atoms with Crippen LogP contribution in [0.2, 0.25) is 0 Å². The molecule has 2 aliphatic rings. The number of likely N-dealkylation sites (tertiary alicyclic amines) is 1. The smallest absolute Gasteiger partial charge is 0.272 e. The van der Waals surface area contributed by atoms with Gasteiger partial charge in [0.05, 0.1) is 13.2 Å². The lowest BCUT2D eigenvalue weighted by Gasteiger charge is -2.37. The molecule has 0 radical (unpaired) electrons. The van der Waals surface area contributed by atoms with Crippen LogP contribution in [0.3, 0.4) is 0 Å². The number of amides is 1. The minimum absolute atomic E-state index is 0.133. The Morgan fingerprint density at radius 3 is 2.44 bits per heavy atom. The van der Waals surface area contributed by atoms with Crippen LogP contribution in [0.25, 0.3) is 0 Å². The Hall–Kier alpha value is -2.65. The highest BCUT2D eigenvalue weighted by molar-refractivity contribution is 5.93. The van der Waals surface area contributed by atoms with Gasteiger partial charge in [0.1, 0.15) is 35.2 Å². The van der Waals surface area contributed by atoms with E-state index < -0.39 is 17.4 Å². The van der Waals surface area contributed by atoms with Crippen molar-refractivity contribution in [3.63, 3.8) is 0 Å². The molecule has 27 heavy (non-hydrogen) atoms. The summed E-state index contributed by atoms with van der Waals surface area (Å²) in [7, 11) is 0. The van der Waals surface area contributed by atoms with E-state index in [9.17, 15) is 13.6 Å². The quantitative estimate of drug-likeness (QED) is 0.887. The summed E-state index contributed by atoms with van der Waals surface area (Å²) in [5.74, 6) is -2.22. The first-order chi connectivity index (χ1) is 13.1. The maximum Gasteiger partial charge on any atom is 0.272 e. The number of aromatic nitrogens is 2. The Bertz CT molecular complexity index is 828. The van der Waals surface area contributed by atoms with Crippen molar-refractivity contribution in [3.8, 4) is 0 Å². The zero-order valence-corrected chi connectivity index (χ0v) is 14.5. The molecule has 1 amide bonds. The van der Waals surface area contributed by atoms with Crippen molar-refractivity contribution in [2.45, 2.75) is 18.6 Å². The van der Waals surface area contributed by atoms with Gasteiger partial charge in [0.25, 0.3) is 5.91 Å². The first-order valence-electron chi connectivity index (χ1n) is 8.67. The Morgan fingerprint density at radius 1 is 1.11 bits per heavy atom. The highest BCUT2D eigenvalue weighted by atomic mass is 19.1. The van der Waals surface area contributed by atoms with Crippen molar-refractivity contribution in [2.75, 3.05) is 31.6 Å². The average Bonchev–Trinajstić information content (AvgIpc) is 3.13. The van der Waals surface area contributed by atoms with E-state index in [2.05, 4.69) is 15.3 Å². The van der Waals surface area contributed by atoms with Crippen LogP contribution in [-0.2, 0) is 9.47 Å². The first-order valence-corrected chi connectivity index (χ1v) is 8.67. The Kier molecular flexibility index (Phi) is 4.71. The molecule has 142 valence electrons. The first kappa shape index (κ1) is 17.7. The Morgan fingerprint density at radius 2 is 1.78 bits per heavy atom. The van der Waals surface area contributed by atoms with E-state index in [1.54, 1.807) is 4.90 Å². The van der Waals surface area contributed by atoms with Crippen molar-refractivity contribution in [3.05, 3.63) is 47.9 Å². The lowest BCUT2D eigenvalue weighted by molar-refractivity contribution is -0.181. The number of halogens is 2. The van der Waals surface area contributed by atoms with Crippen LogP contribution < -0.4 is 5.32 Å². The van der Waals surface area contributed by atoms with Gasteiger partial charge in [0.15, 0.2) is 5.79 Å². The highest BCUT2D eigenvalue weighted by Gasteiger charge is 2.41. The summed E-state index contributed by atoms with van der Waals surface area (Å²) in [6.45, 7) is 2.10. The number of anilines is 2. The molecule has 0 atom stereocenters. The number of ether oxygens (including phenoxy) is 2. The molecule has 0 aliphatic carbocycles. The van der Waals surface area contributed by atoms with Crippen LogP contribution in [0, 0.1) is 11.6 Å². The van der Waals surface area contributed by atoms with Gasteiger partial charge >= 0.3 is 0 Å². The second kappa shape index (κ2) is 7.16. The third kappa shape index (κ3) is 3.60. The van der Waals surface area contributed by atoms with Gasteiger partial charge in [-0.05, 0) is 12.1 Å². The van der Waals surface area contributed by atoms with Crippen LogP contribution in [0.4, 0.5) is 20.3 Å². The molecule has 2 saturated heterocycles. The van der Waals surface area contributed by atoms with Gasteiger partial charge in [-0.25, -0.2) is 18.7 Å². The number of carbonyl (C=O) groups is 1. The normalized spacial score (nSPS) is 18.7. The Labute approximate surface area is 154 Å². The minimum atomic E-state index is -0.751. The van der Waals surface area contributed by atoms with Crippen LogP contribution in [0.15, 0.2) is 30.6 Å². The van der Waals surface area contributed by atoms with E-state index in [4.69, 9.17) is 9.47 Å². The van der Waals surface area contributed by atoms with Crippen LogP contribution in [-0.4, -0.2) is 52.9 Å². The van der Waals surface area contributed by atoms with Crippen molar-refractivity contribution >= 4 is 17.4 Å². The zero-order chi connectivity index (χ0) is 18.9. The number of hydrogen-bond acceptors (Lipinski definition) is 6. The molecule has 2 aliphatic heterocycles. The number of nitrogens with one attached hydrogen (secondary N) is 1. The number of para-hydroxylation sites is 1. The number of rotatable bonds is 3. The molecule has 2 aromatic rings. The van der Waals surface area contributed by atoms with Gasteiger partial charge in [-0.1, -0.05) is 6.07 Å². The molecule has 0 saturated carbocycles. The summed E-state index contributed by atoms with van der Waals surface area (Å²) in [5.41, 5.74) is -0.182. The molecule has 0 bridgehead atoms. The summed E-state index contributed by atoms with van der Waals surface area (Å²) in [6.07, 6.45) is 2.37. The number of nitrogens with zero attached hydrogens (tertiary/aromatic N) is 3. The minimum Gasteiger partial charge on any atom is -0.347 e. The molecule has 1 aromatic carbocycles. The van der Waals surface area contributed by atoms with Crippen LogP contribution in [0.5, 0.6) is 0 Å². The monoisotopic (exact) mass is 376 g/mol.